The molecule has 10 rings (SSSR count). The maximum Gasteiger partial charge on any atom is 0.211 e. The van der Waals surface area contributed by atoms with Gasteiger partial charge in [0, 0.05) is 43.6 Å². The SMILES string of the molecule is [C-]#[N+]c1cc(C#N)c(-c2cccc(-n3c4ccccc4c4ccc5c6ccccc6oc5c43)c2)cc1-n1c2ccccc2c2ccccc21. The third-order valence-electron chi connectivity index (χ3n) is 9.77. The van der Waals surface area contributed by atoms with Crippen LogP contribution in [0.5, 0.6) is 0 Å². The largest absolute Gasteiger partial charge is 0.454 e. The number of furan rings is 1. The normalized spacial score (nSPS) is 11.6. The van der Waals surface area contributed by atoms with Gasteiger partial charge in [-0.15, -0.1) is 0 Å². The zero-order chi connectivity index (χ0) is 32.6. The van der Waals surface area contributed by atoms with Gasteiger partial charge in [0.2, 0.25) is 5.69 Å². The Morgan fingerprint density at radius 3 is 1.88 bits per heavy atom. The molecule has 226 valence electrons. The molecule has 0 aliphatic carbocycles. The van der Waals surface area contributed by atoms with E-state index in [1.54, 1.807) is 6.07 Å². The predicted molar refractivity (Wildman–Crippen MR) is 199 cm³/mol. The molecule has 3 aromatic heterocycles. The smallest absolute Gasteiger partial charge is 0.211 e. The van der Waals surface area contributed by atoms with Crippen molar-refractivity contribution in [1.29, 1.82) is 5.26 Å². The highest BCUT2D eigenvalue weighted by atomic mass is 16.3. The van der Waals surface area contributed by atoms with Crippen LogP contribution in [0.25, 0.3) is 92.9 Å². The van der Waals surface area contributed by atoms with Gasteiger partial charge in [0.25, 0.3) is 0 Å². The van der Waals surface area contributed by atoms with E-state index in [-0.39, 0.29) is 0 Å². The Kier molecular flexibility index (Phi) is 5.64. The van der Waals surface area contributed by atoms with Crippen molar-refractivity contribution in [3.63, 3.8) is 0 Å². The van der Waals surface area contributed by atoms with Gasteiger partial charge in [0.15, 0.2) is 5.58 Å². The molecule has 5 nitrogen and oxygen atoms in total. The highest BCUT2D eigenvalue weighted by molar-refractivity contribution is 6.21. The summed E-state index contributed by atoms with van der Waals surface area (Å²) < 4.78 is 11.0. The number of rotatable bonds is 3. The average Bonchev–Trinajstić information content (AvgIpc) is 3.82. The van der Waals surface area contributed by atoms with Gasteiger partial charge >= 0.3 is 0 Å². The Balaban J connectivity index is 1.25. The van der Waals surface area contributed by atoms with Crippen LogP contribution >= 0.6 is 0 Å². The van der Waals surface area contributed by atoms with E-state index in [0.29, 0.717) is 11.3 Å². The summed E-state index contributed by atoms with van der Waals surface area (Å²) in [4.78, 5) is 3.92. The van der Waals surface area contributed by atoms with E-state index in [2.05, 4.69) is 98.9 Å². The van der Waals surface area contributed by atoms with Crippen molar-refractivity contribution in [3.05, 3.63) is 163 Å². The minimum absolute atomic E-state index is 0.428. The first-order valence-electron chi connectivity index (χ1n) is 16.1. The Morgan fingerprint density at radius 1 is 0.571 bits per heavy atom. The topological polar surface area (TPSA) is 51.1 Å². The highest BCUT2D eigenvalue weighted by Crippen LogP contribution is 2.42. The number of hydrogen-bond acceptors (Lipinski definition) is 2. The number of fused-ring (bicyclic) bond motifs is 10. The first-order chi connectivity index (χ1) is 24.2. The first kappa shape index (κ1) is 27.1. The molecule has 0 atom stereocenters. The second-order valence-corrected chi connectivity index (χ2v) is 12.3. The van der Waals surface area contributed by atoms with Crippen molar-refractivity contribution in [3.8, 4) is 28.6 Å². The fraction of sp³-hybridized carbons (Fsp3) is 0. The second kappa shape index (κ2) is 10.2. The van der Waals surface area contributed by atoms with Crippen molar-refractivity contribution in [2.24, 2.45) is 0 Å². The molecule has 0 saturated carbocycles. The minimum atomic E-state index is 0.428. The fourth-order valence-electron chi connectivity index (χ4n) is 7.67. The quantitative estimate of drug-likeness (QED) is 0.184. The maximum atomic E-state index is 10.4. The standard InChI is InChI=1S/C44H24N4O/c1-46-37-24-28(26-45)36(25-41(37)48-39-18-7-2-13-30(39)31-14-3-8-19-40(31)48)27-11-10-12-29(23-27)47-38-17-6-4-15-32(38)34-21-22-35-33-16-5-9-20-42(33)49-44(35)43(34)47/h2-25H. The van der Waals surface area contributed by atoms with Gasteiger partial charge in [-0.25, -0.2) is 4.85 Å². The molecule has 49 heavy (non-hydrogen) atoms. The summed E-state index contributed by atoms with van der Waals surface area (Å²) in [6, 6.07) is 51.9. The van der Waals surface area contributed by atoms with E-state index in [1.807, 2.05) is 60.7 Å². The molecule has 3 heterocycles. The molecular weight excluding hydrogens is 601 g/mol. The van der Waals surface area contributed by atoms with Crippen molar-refractivity contribution in [1.82, 2.24) is 9.13 Å². The zero-order valence-electron chi connectivity index (χ0n) is 26.1. The van der Waals surface area contributed by atoms with Gasteiger partial charge in [-0.2, -0.15) is 5.26 Å². The lowest BCUT2D eigenvalue weighted by atomic mass is 9.97. The minimum Gasteiger partial charge on any atom is -0.454 e. The molecular formula is C44H24N4O. The van der Waals surface area contributed by atoms with E-state index in [1.165, 1.54) is 0 Å². The van der Waals surface area contributed by atoms with Crippen molar-refractivity contribution in [2.45, 2.75) is 0 Å². The number of benzene rings is 7. The highest BCUT2D eigenvalue weighted by Gasteiger charge is 2.21. The Bertz CT molecular complexity index is 3030. The summed E-state index contributed by atoms with van der Waals surface area (Å²) in [6.45, 7) is 8.13. The molecule has 0 saturated heterocycles. The van der Waals surface area contributed by atoms with Crippen molar-refractivity contribution >= 4 is 71.2 Å². The molecule has 0 amide bonds. The number of para-hydroxylation sites is 4. The van der Waals surface area contributed by atoms with Crippen LogP contribution in [0.1, 0.15) is 5.56 Å². The van der Waals surface area contributed by atoms with Crippen LogP contribution in [0.3, 0.4) is 0 Å². The summed E-state index contributed by atoms with van der Waals surface area (Å²) in [5, 5.41) is 17.0. The molecule has 0 bridgehead atoms. The van der Waals surface area contributed by atoms with Crippen LogP contribution in [0.2, 0.25) is 0 Å². The predicted octanol–water partition coefficient (Wildman–Crippen LogP) is 11.9. The number of aromatic nitrogens is 2. The van der Waals surface area contributed by atoms with Crippen molar-refractivity contribution < 1.29 is 4.42 Å². The fourth-order valence-corrected chi connectivity index (χ4v) is 7.67. The van der Waals surface area contributed by atoms with Gasteiger partial charge in [-0.3, -0.25) is 0 Å². The second-order valence-electron chi connectivity index (χ2n) is 12.3. The zero-order valence-corrected chi connectivity index (χ0v) is 26.1. The van der Waals surface area contributed by atoms with Crippen molar-refractivity contribution in [2.75, 3.05) is 0 Å². The molecule has 10 aromatic rings. The molecule has 0 spiro atoms. The van der Waals surface area contributed by atoms with E-state index >= 15 is 0 Å². The lowest BCUT2D eigenvalue weighted by Crippen LogP contribution is -1.98. The summed E-state index contributed by atoms with van der Waals surface area (Å²) >= 11 is 0. The number of nitrogens with zero attached hydrogens (tertiary/aromatic N) is 4. The van der Waals surface area contributed by atoms with Gasteiger partial charge in [-0.1, -0.05) is 91.0 Å². The first-order valence-corrected chi connectivity index (χ1v) is 16.1. The van der Waals surface area contributed by atoms with Crippen LogP contribution < -0.4 is 0 Å². The number of hydrogen-bond donors (Lipinski definition) is 0. The lowest BCUT2D eigenvalue weighted by Gasteiger charge is -2.15. The molecule has 7 aromatic carbocycles. The third-order valence-corrected chi connectivity index (χ3v) is 9.77. The van der Waals surface area contributed by atoms with E-state index in [9.17, 15) is 5.26 Å². The summed E-state index contributed by atoms with van der Waals surface area (Å²) in [7, 11) is 0. The molecule has 0 aliphatic heterocycles. The summed E-state index contributed by atoms with van der Waals surface area (Å²) in [5.41, 5.74) is 10.0. The van der Waals surface area contributed by atoms with Crippen LogP contribution in [0.4, 0.5) is 5.69 Å². The van der Waals surface area contributed by atoms with Crippen LogP contribution in [0.15, 0.2) is 150 Å². The summed E-state index contributed by atoms with van der Waals surface area (Å²) in [5.74, 6) is 0. The Labute approximate surface area is 280 Å². The van der Waals surface area contributed by atoms with Crippen LogP contribution in [0, 0.1) is 17.9 Å². The Hall–Kier alpha value is -7.08. The molecule has 0 N–H and O–H groups in total. The molecule has 5 heteroatoms. The monoisotopic (exact) mass is 624 g/mol. The number of nitriles is 1. The van der Waals surface area contributed by atoms with Gasteiger partial charge in [0.05, 0.1) is 40.4 Å². The molecule has 0 radical (unpaired) electrons. The maximum absolute atomic E-state index is 10.4. The van der Waals surface area contributed by atoms with E-state index < -0.39 is 0 Å². The molecule has 0 fully saturated rings. The van der Waals surface area contributed by atoms with Crippen LogP contribution in [-0.4, -0.2) is 9.13 Å². The van der Waals surface area contributed by atoms with Gasteiger partial charge in [0.1, 0.15) is 5.58 Å². The average molecular weight is 625 g/mol. The molecule has 0 unspecified atom stereocenters. The van der Waals surface area contributed by atoms with Gasteiger partial charge in [-0.05, 0) is 65.7 Å². The third kappa shape index (κ3) is 3.79. The van der Waals surface area contributed by atoms with E-state index in [0.717, 1.165) is 88.1 Å². The van der Waals surface area contributed by atoms with E-state index in [4.69, 9.17) is 11.0 Å². The Morgan fingerprint density at radius 2 is 1.18 bits per heavy atom. The summed E-state index contributed by atoms with van der Waals surface area (Å²) in [6.07, 6.45) is 0. The van der Waals surface area contributed by atoms with Crippen LogP contribution in [-0.2, 0) is 0 Å². The molecule has 0 aliphatic rings. The van der Waals surface area contributed by atoms with Gasteiger partial charge < -0.3 is 13.6 Å². The lowest BCUT2D eigenvalue weighted by molar-refractivity contribution is 0.671.